The monoisotopic (exact) mass is 403 g/mol. The number of rotatable bonds is 8. The first-order valence-electron chi connectivity index (χ1n) is 11.0. The predicted molar refractivity (Wildman–Crippen MR) is 119 cm³/mol. The van der Waals surface area contributed by atoms with Crippen LogP contribution in [0.3, 0.4) is 0 Å². The van der Waals surface area contributed by atoms with Crippen LogP contribution in [0, 0.1) is 0 Å². The number of guanidine groups is 1. The first-order chi connectivity index (χ1) is 14.2. The summed E-state index contributed by atoms with van der Waals surface area (Å²) in [5.41, 5.74) is 1.16. The second-order valence-electron chi connectivity index (χ2n) is 7.93. The maximum atomic E-state index is 9.61. The van der Waals surface area contributed by atoms with E-state index in [-0.39, 0.29) is 6.10 Å². The van der Waals surface area contributed by atoms with Gasteiger partial charge in [0.2, 0.25) is 0 Å². The van der Waals surface area contributed by atoms with Crippen molar-refractivity contribution < 1.29 is 9.84 Å². The number of methoxy groups -OCH3 is 1. The molecule has 7 nitrogen and oxygen atoms in total. The van der Waals surface area contributed by atoms with Crippen molar-refractivity contribution in [3.05, 3.63) is 24.3 Å². The standard InChI is InChI=1S/C22H37N5O2/c1-3-23-22(24-12-6-13-26-14-10-19(28)11-15-26)25-18-9-16-27(17-18)20-7-4-5-8-21(20)29-2/h4-5,7-8,18-19,28H,3,6,9-17H2,1-2H3,(H2,23,24,25). The smallest absolute Gasteiger partial charge is 0.191 e. The number of hydrogen-bond acceptors (Lipinski definition) is 5. The third kappa shape index (κ3) is 6.51. The molecule has 0 spiro atoms. The Bertz CT molecular complexity index is 646. The van der Waals surface area contributed by atoms with Gasteiger partial charge in [0.15, 0.2) is 5.96 Å². The Morgan fingerprint density at radius 3 is 2.76 bits per heavy atom. The molecule has 1 aromatic carbocycles. The predicted octanol–water partition coefficient (Wildman–Crippen LogP) is 1.68. The summed E-state index contributed by atoms with van der Waals surface area (Å²) in [5, 5.41) is 16.6. The van der Waals surface area contributed by atoms with Crippen LogP contribution in [-0.2, 0) is 0 Å². The lowest BCUT2D eigenvalue weighted by molar-refractivity contribution is 0.0824. The van der Waals surface area contributed by atoms with Gasteiger partial charge in [0, 0.05) is 45.3 Å². The number of benzene rings is 1. The summed E-state index contributed by atoms with van der Waals surface area (Å²) in [4.78, 5) is 9.60. The third-order valence-electron chi connectivity index (χ3n) is 5.76. The van der Waals surface area contributed by atoms with E-state index >= 15 is 0 Å². The summed E-state index contributed by atoms with van der Waals surface area (Å²) in [6, 6.07) is 8.59. The third-order valence-corrected chi connectivity index (χ3v) is 5.76. The van der Waals surface area contributed by atoms with E-state index in [1.807, 2.05) is 12.1 Å². The molecule has 0 saturated carbocycles. The Morgan fingerprint density at radius 2 is 2.00 bits per heavy atom. The first kappa shape index (κ1) is 21.7. The van der Waals surface area contributed by atoms with Crippen molar-refractivity contribution in [1.29, 1.82) is 0 Å². The highest BCUT2D eigenvalue weighted by atomic mass is 16.5. The zero-order valence-corrected chi connectivity index (χ0v) is 17.9. The average Bonchev–Trinajstić information content (AvgIpc) is 3.21. The van der Waals surface area contributed by atoms with Gasteiger partial charge in [-0.3, -0.25) is 4.99 Å². The number of hydrogen-bond donors (Lipinski definition) is 3. The van der Waals surface area contributed by atoms with Crippen molar-refractivity contribution in [3.63, 3.8) is 0 Å². The van der Waals surface area contributed by atoms with Crippen molar-refractivity contribution in [2.75, 3.05) is 57.8 Å². The van der Waals surface area contributed by atoms with Crippen molar-refractivity contribution in [1.82, 2.24) is 15.5 Å². The van der Waals surface area contributed by atoms with Crippen LogP contribution in [0.5, 0.6) is 5.75 Å². The number of anilines is 1. The number of ether oxygens (including phenoxy) is 1. The molecule has 0 radical (unpaired) electrons. The fraction of sp³-hybridized carbons (Fsp3) is 0.682. The van der Waals surface area contributed by atoms with Crippen LogP contribution in [-0.4, -0.2) is 81.0 Å². The number of aliphatic imine (C=N–C) groups is 1. The van der Waals surface area contributed by atoms with E-state index in [1.54, 1.807) is 7.11 Å². The van der Waals surface area contributed by atoms with Crippen LogP contribution >= 0.6 is 0 Å². The second kappa shape index (κ2) is 11.3. The van der Waals surface area contributed by atoms with Crippen molar-refractivity contribution >= 4 is 11.6 Å². The fourth-order valence-corrected chi connectivity index (χ4v) is 4.13. The number of nitrogens with one attached hydrogen (secondary N) is 2. The van der Waals surface area contributed by atoms with Crippen molar-refractivity contribution in [3.8, 4) is 5.75 Å². The number of aliphatic hydroxyl groups is 1. The highest BCUT2D eigenvalue weighted by molar-refractivity contribution is 5.80. The van der Waals surface area contributed by atoms with Gasteiger partial charge in [-0.15, -0.1) is 0 Å². The Balaban J connectivity index is 1.45. The number of nitrogens with zero attached hydrogens (tertiary/aromatic N) is 3. The van der Waals surface area contributed by atoms with Gasteiger partial charge in [-0.2, -0.15) is 0 Å². The zero-order chi connectivity index (χ0) is 20.5. The number of aliphatic hydroxyl groups excluding tert-OH is 1. The van der Waals surface area contributed by atoms with Crippen LogP contribution < -0.4 is 20.3 Å². The van der Waals surface area contributed by atoms with E-state index in [2.05, 4.69) is 39.5 Å². The molecule has 29 heavy (non-hydrogen) atoms. The Labute approximate surface area is 175 Å². The van der Waals surface area contributed by atoms with Crippen LogP contribution in [0.25, 0.3) is 0 Å². The Kier molecular flexibility index (Phi) is 8.43. The molecule has 0 bridgehead atoms. The second-order valence-corrected chi connectivity index (χ2v) is 7.93. The van der Waals surface area contributed by atoms with Gasteiger partial charge in [-0.1, -0.05) is 12.1 Å². The van der Waals surface area contributed by atoms with E-state index in [9.17, 15) is 5.11 Å². The summed E-state index contributed by atoms with van der Waals surface area (Å²) in [6.07, 6.45) is 3.83. The van der Waals surface area contributed by atoms with E-state index in [0.29, 0.717) is 6.04 Å². The summed E-state index contributed by atoms with van der Waals surface area (Å²) in [5.74, 6) is 1.84. The summed E-state index contributed by atoms with van der Waals surface area (Å²) < 4.78 is 5.52. The van der Waals surface area contributed by atoms with Crippen molar-refractivity contribution in [2.45, 2.75) is 44.8 Å². The largest absolute Gasteiger partial charge is 0.495 e. The van der Waals surface area contributed by atoms with Gasteiger partial charge in [0.05, 0.1) is 18.9 Å². The maximum Gasteiger partial charge on any atom is 0.191 e. The molecule has 162 valence electrons. The van der Waals surface area contributed by atoms with Crippen molar-refractivity contribution in [2.24, 2.45) is 4.99 Å². The lowest BCUT2D eigenvalue weighted by Gasteiger charge is -2.29. The van der Waals surface area contributed by atoms with Gasteiger partial charge in [-0.25, -0.2) is 0 Å². The summed E-state index contributed by atoms with van der Waals surface area (Å²) in [6.45, 7) is 8.80. The lowest BCUT2D eigenvalue weighted by atomic mass is 10.1. The molecule has 1 atom stereocenters. The molecule has 2 heterocycles. The molecular formula is C22H37N5O2. The molecule has 2 aliphatic rings. The van der Waals surface area contributed by atoms with E-state index in [0.717, 1.165) is 88.9 Å². The number of para-hydroxylation sites is 2. The lowest BCUT2D eigenvalue weighted by Crippen LogP contribution is -2.44. The topological polar surface area (TPSA) is 72.4 Å². The van der Waals surface area contributed by atoms with E-state index < -0.39 is 0 Å². The van der Waals surface area contributed by atoms with Gasteiger partial charge < -0.3 is 30.3 Å². The molecule has 0 amide bonds. The molecule has 2 aliphatic heterocycles. The SMILES string of the molecule is CCNC(=NCCCN1CCC(O)CC1)NC1CCN(c2ccccc2OC)C1. The van der Waals surface area contributed by atoms with Gasteiger partial charge in [-0.05, 0) is 51.3 Å². The molecule has 0 aliphatic carbocycles. The Hall–Kier alpha value is -1.99. The van der Waals surface area contributed by atoms with Crippen LogP contribution in [0.1, 0.15) is 32.6 Å². The quantitative estimate of drug-likeness (QED) is 0.348. The average molecular weight is 404 g/mol. The van der Waals surface area contributed by atoms with Gasteiger partial charge in [0.1, 0.15) is 5.75 Å². The minimum absolute atomic E-state index is 0.101. The Morgan fingerprint density at radius 1 is 1.21 bits per heavy atom. The molecule has 3 N–H and O–H groups in total. The maximum absolute atomic E-state index is 9.61. The summed E-state index contributed by atoms with van der Waals surface area (Å²) in [7, 11) is 1.73. The fourth-order valence-electron chi connectivity index (χ4n) is 4.13. The highest BCUT2D eigenvalue weighted by Gasteiger charge is 2.25. The zero-order valence-electron chi connectivity index (χ0n) is 17.9. The molecule has 7 heteroatoms. The number of likely N-dealkylation sites (tertiary alicyclic amines) is 1. The molecule has 3 rings (SSSR count). The highest BCUT2D eigenvalue weighted by Crippen LogP contribution is 2.30. The van der Waals surface area contributed by atoms with E-state index in [4.69, 9.17) is 9.73 Å². The molecule has 2 saturated heterocycles. The van der Waals surface area contributed by atoms with Crippen LogP contribution in [0.2, 0.25) is 0 Å². The molecule has 0 aromatic heterocycles. The molecule has 2 fully saturated rings. The molecule has 1 aromatic rings. The van der Waals surface area contributed by atoms with Gasteiger partial charge in [0.25, 0.3) is 0 Å². The van der Waals surface area contributed by atoms with Gasteiger partial charge >= 0.3 is 0 Å². The van der Waals surface area contributed by atoms with E-state index in [1.165, 1.54) is 0 Å². The molecular weight excluding hydrogens is 366 g/mol. The first-order valence-corrected chi connectivity index (χ1v) is 11.0. The van der Waals surface area contributed by atoms with Crippen LogP contribution in [0.15, 0.2) is 29.3 Å². The number of piperidine rings is 1. The normalized spacial score (nSPS) is 21.4. The molecule has 1 unspecified atom stereocenters. The van der Waals surface area contributed by atoms with Crippen LogP contribution in [0.4, 0.5) is 5.69 Å². The minimum atomic E-state index is -0.101. The summed E-state index contributed by atoms with van der Waals surface area (Å²) >= 11 is 0. The minimum Gasteiger partial charge on any atom is -0.495 e.